The summed E-state index contributed by atoms with van der Waals surface area (Å²) in [5.41, 5.74) is 4.32. The van der Waals surface area contributed by atoms with Crippen molar-refractivity contribution in [3.63, 3.8) is 0 Å². The number of nitrogens with zero attached hydrogens (tertiary/aromatic N) is 1. The van der Waals surface area contributed by atoms with E-state index in [1.807, 2.05) is 36.4 Å². The van der Waals surface area contributed by atoms with Gasteiger partial charge in [0.2, 0.25) is 0 Å². The molecule has 0 unspecified atom stereocenters. The summed E-state index contributed by atoms with van der Waals surface area (Å²) in [5, 5.41) is 1.10. The zero-order valence-corrected chi connectivity index (χ0v) is 8.93. The number of para-hydroxylation sites is 1. The maximum atomic E-state index is 10.5. The normalized spacial score (nSPS) is 10.3. The Kier molecular flexibility index (Phi) is 3.12. The van der Waals surface area contributed by atoms with E-state index in [-0.39, 0.29) is 5.97 Å². The maximum absolute atomic E-state index is 10.5. The topological polar surface area (TPSA) is 51.2 Å². The molecule has 0 atom stereocenters. The predicted octanol–water partition coefficient (Wildman–Crippen LogP) is 1.80. The average Bonchev–Trinajstić information content (AvgIpc) is 2.28. The van der Waals surface area contributed by atoms with Crippen molar-refractivity contribution in [2.24, 2.45) is 0 Å². The minimum Gasteiger partial charge on any atom is -0.371 e. The van der Waals surface area contributed by atoms with Gasteiger partial charge in [-0.3, -0.25) is 9.78 Å². The maximum Gasteiger partial charge on any atom is 0.321 e. The molecule has 0 bridgehead atoms. The monoisotopic (exact) mass is 216 g/mol. The van der Waals surface area contributed by atoms with Crippen molar-refractivity contribution in [2.45, 2.75) is 13.5 Å². The zero-order valence-electron chi connectivity index (χ0n) is 8.93. The molecule has 82 valence electrons. The molecule has 0 spiro atoms. The van der Waals surface area contributed by atoms with Crippen LogP contribution in [0.15, 0.2) is 36.4 Å². The van der Waals surface area contributed by atoms with Gasteiger partial charge in [-0.15, -0.1) is 5.48 Å². The van der Waals surface area contributed by atoms with Crippen LogP contribution in [0.1, 0.15) is 12.6 Å². The number of hydrogen-bond acceptors (Lipinski definition) is 4. The van der Waals surface area contributed by atoms with Crippen molar-refractivity contribution >= 4 is 16.9 Å². The second-order valence-electron chi connectivity index (χ2n) is 3.41. The van der Waals surface area contributed by atoms with Crippen LogP contribution in [-0.2, 0) is 16.2 Å². The first-order chi connectivity index (χ1) is 7.75. The minimum absolute atomic E-state index is 0.360. The zero-order chi connectivity index (χ0) is 11.4. The van der Waals surface area contributed by atoms with Crippen molar-refractivity contribution in [3.8, 4) is 0 Å². The molecule has 1 aromatic carbocycles. The molecule has 0 saturated heterocycles. The van der Waals surface area contributed by atoms with Gasteiger partial charge in [0.05, 0.1) is 17.8 Å². The van der Waals surface area contributed by atoms with E-state index < -0.39 is 0 Å². The molecule has 16 heavy (non-hydrogen) atoms. The summed E-state index contributed by atoms with van der Waals surface area (Å²) in [5.74, 6) is -0.360. The Morgan fingerprint density at radius 2 is 2.12 bits per heavy atom. The van der Waals surface area contributed by atoms with Crippen molar-refractivity contribution in [1.82, 2.24) is 10.5 Å². The van der Waals surface area contributed by atoms with Crippen molar-refractivity contribution < 1.29 is 9.63 Å². The molecule has 1 heterocycles. The molecule has 0 fully saturated rings. The van der Waals surface area contributed by atoms with E-state index >= 15 is 0 Å². The first kappa shape index (κ1) is 10.6. The molecule has 0 radical (unpaired) electrons. The molecule has 0 aliphatic rings. The SMILES string of the molecule is CC(=O)ONCc1ccc2ccccc2n1. The van der Waals surface area contributed by atoms with Crippen LogP contribution in [0.3, 0.4) is 0 Å². The third kappa shape index (κ3) is 2.55. The Morgan fingerprint density at radius 3 is 2.94 bits per heavy atom. The van der Waals surface area contributed by atoms with Gasteiger partial charge in [-0.1, -0.05) is 24.3 Å². The first-order valence-electron chi connectivity index (χ1n) is 5.00. The van der Waals surface area contributed by atoms with E-state index in [0.717, 1.165) is 16.6 Å². The first-order valence-corrected chi connectivity index (χ1v) is 5.00. The van der Waals surface area contributed by atoms with Crippen LogP contribution in [-0.4, -0.2) is 11.0 Å². The highest BCUT2D eigenvalue weighted by atomic mass is 16.7. The number of pyridine rings is 1. The standard InChI is InChI=1S/C12H12N2O2/c1-9(15)16-13-8-11-7-6-10-4-2-3-5-12(10)14-11/h2-7,13H,8H2,1H3. The molecule has 0 aliphatic carbocycles. The molecule has 1 N–H and O–H groups in total. The van der Waals surface area contributed by atoms with Crippen molar-refractivity contribution in [3.05, 3.63) is 42.1 Å². The fraction of sp³-hybridized carbons (Fsp3) is 0.167. The van der Waals surface area contributed by atoms with Gasteiger partial charge in [-0.25, -0.2) is 0 Å². The summed E-state index contributed by atoms with van der Waals surface area (Å²) in [7, 11) is 0. The summed E-state index contributed by atoms with van der Waals surface area (Å²) >= 11 is 0. The molecule has 0 saturated carbocycles. The van der Waals surface area contributed by atoms with Crippen LogP contribution in [0.25, 0.3) is 10.9 Å². The molecule has 1 aromatic heterocycles. The second-order valence-corrected chi connectivity index (χ2v) is 3.41. The summed E-state index contributed by atoms with van der Waals surface area (Å²) in [6, 6.07) is 11.8. The minimum atomic E-state index is -0.360. The number of carbonyl (C=O) groups excluding carboxylic acids is 1. The van der Waals surface area contributed by atoms with Gasteiger partial charge in [0.15, 0.2) is 0 Å². The van der Waals surface area contributed by atoms with Crippen LogP contribution in [0.5, 0.6) is 0 Å². The van der Waals surface area contributed by atoms with Gasteiger partial charge in [0, 0.05) is 12.3 Å². The van der Waals surface area contributed by atoms with E-state index in [9.17, 15) is 4.79 Å². The number of fused-ring (bicyclic) bond motifs is 1. The summed E-state index contributed by atoms with van der Waals surface area (Å²) < 4.78 is 0. The van der Waals surface area contributed by atoms with Gasteiger partial charge < -0.3 is 4.84 Å². The van der Waals surface area contributed by atoms with Crippen molar-refractivity contribution in [1.29, 1.82) is 0 Å². The summed E-state index contributed by atoms with van der Waals surface area (Å²) in [6.07, 6.45) is 0. The molecule has 4 heteroatoms. The number of rotatable bonds is 3. The van der Waals surface area contributed by atoms with Crippen molar-refractivity contribution in [2.75, 3.05) is 0 Å². The van der Waals surface area contributed by atoms with Gasteiger partial charge in [0.25, 0.3) is 0 Å². The van der Waals surface area contributed by atoms with E-state index in [2.05, 4.69) is 15.3 Å². The number of benzene rings is 1. The molecule has 4 nitrogen and oxygen atoms in total. The van der Waals surface area contributed by atoms with Gasteiger partial charge in [0.1, 0.15) is 0 Å². The van der Waals surface area contributed by atoms with E-state index in [1.165, 1.54) is 6.92 Å². The van der Waals surface area contributed by atoms with Crippen LogP contribution in [0, 0.1) is 0 Å². The highest BCUT2D eigenvalue weighted by Crippen LogP contribution is 2.11. The quantitative estimate of drug-likeness (QED) is 0.795. The average molecular weight is 216 g/mol. The summed E-state index contributed by atoms with van der Waals surface area (Å²) in [6.45, 7) is 1.76. The predicted molar refractivity (Wildman–Crippen MR) is 60.3 cm³/mol. The number of hydroxylamine groups is 1. The Hall–Kier alpha value is -1.94. The Balaban J connectivity index is 2.10. The van der Waals surface area contributed by atoms with Crippen LogP contribution < -0.4 is 5.48 Å². The lowest BCUT2D eigenvalue weighted by Gasteiger charge is -2.04. The molecule has 2 rings (SSSR count). The third-order valence-corrected chi connectivity index (χ3v) is 2.13. The smallest absolute Gasteiger partial charge is 0.321 e. The highest BCUT2D eigenvalue weighted by Gasteiger charge is 1.98. The second kappa shape index (κ2) is 4.72. The van der Waals surface area contributed by atoms with E-state index in [4.69, 9.17) is 0 Å². The van der Waals surface area contributed by atoms with Crippen LogP contribution >= 0.6 is 0 Å². The molecule has 0 amide bonds. The Labute approximate surface area is 93.2 Å². The molecular formula is C12H12N2O2. The number of nitrogens with one attached hydrogen (secondary N) is 1. The fourth-order valence-electron chi connectivity index (χ4n) is 1.42. The lowest BCUT2D eigenvalue weighted by molar-refractivity contribution is -0.148. The van der Waals surface area contributed by atoms with E-state index in [0.29, 0.717) is 6.54 Å². The molecular weight excluding hydrogens is 204 g/mol. The van der Waals surface area contributed by atoms with Crippen LogP contribution in [0.4, 0.5) is 0 Å². The molecule has 2 aromatic rings. The Morgan fingerprint density at radius 1 is 1.31 bits per heavy atom. The van der Waals surface area contributed by atoms with Gasteiger partial charge in [-0.05, 0) is 12.1 Å². The number of carbonyl (C=O) groups is 1. The highest BCUT2D eigenvalue weighted by molar-refractivity contribution is 5.78. The largest absolute Gasteiger partial charge is 0.371 e. The Bertz CT molecular complexity index is 511. The van der Waals surface area contributed by atoms with E-state index in [1.54, 1.807) is 0 Å². The number of aromatic nitrogens is 1. The van der Waals surface area contributed by atoms with Gasteiger partial charge >= 0.3 is 5.97 Å². The fourth-order valence-corrected chi connectivity index (χ4v) is 1.42. The lowest BCUT2D eigenvalue weighted by Crippen LogP contribution is -2.17. The molecule has 0 aliphatic heterocycles. The lowest BCUT2D eigenvalue weighted by atomic mass is 10.2. The van der Waals surface area contributed by atoms with Crippen LogP contribution in [0.2, 0.25) is 0 Å². The summed E-state index contributed by atoms with van der Waals surface area (Å²) in [4.78, 5) is 19.6. The van der Waals surface area contributed by atoms with Gasteiger partial charge in [-0.2, -0.15) is 0 Å². The third-order valence-electron chi connectivity index (χ3n) is 2.13. The number of hydrogen-bond donors (Lipinski definition) is 1.